The van der Waals surface area contributed by atoms with Crippen LogP contribution in [-0.2, 0) is 0 Å². The summed E-state index contributed by atoms with van der Waals surface area (Å²) in [5.41, 5.74) is 5.37. The molecule has 37 heavy (non-hydrogen) atoms. The lowest BCUT2D eigenvalue weighted by atomic mass is 10.0. The van der Waals surface area contributed by atoms with Crippen LogP contribution in [0.5, 0.6) is 0 Å². The fourth-order valence-corrected chi connectivity index (χ4v) is 5.92. The molecule has 9 heteroatoms. The maximum atomic E-state index is 11.7. The zero-order chi connectivity index (χ0) is 25.5. The van der Waals surface area contributed by atoms with Gasteiger partial charge in [0.15, 0.2) is 5.13 Å². The molecule has 1 aliphatic heterocycles. The second-order valence-electron chi connectivity index (χ2n) is 9.29. The summed E-state index contributed by atoms with van der Waals surface area (Å²) in [6.45, 7) is 7.07. The minimum atomic E-state index is -0.344. The van der Waals surface area contributed by atoms with Gasteiger partial charge in [0.1, 0.15) is 5.69 Å². The second-order valence-corrected chi connectivity index (χ2v) is 10.1. The molecule has 0 atom stereocenters. The zero-order valence-corrected chi connectivity index (χ0v) is 21.5. The fourth-order valence-electron chi connectivity index (χ4n) is 5.04. The summed E-state index contributed by atoms with van der Waals surface area (Å²) in [7, 11) is 0. The van der Waals surface area contributed by atoms with Crippen molar-refractivity contribution >= 4 is 38.6 Å². The van der Waals surface area contributed by atoms with Crippen molar-refractivity contribution in [3.63, 3.8) is 0 Å². The maximum absolute atomic E-state index is 11.7. The van der Waals surface area contributed by atoms with Crippen molar-refractivity contribution in [1.82, 2.24) is 14.8 Å². The standard InChI is InChI=1S/C28H26N6O2S/c1-19-16-20(2)33(30-19)27-17-22(10-11-26(27)34(35)36)31-12-14-32(15-13-31)28-29-25(18-37-28)24-9-5-7-21-6-3-4-8-23(21)24/h3-11,16-18H,12-15H2,1-2H3. The molecule has 1 fully saturated rings. The number of fused-ring (bicyclic) bond motifs is 1. The van der Waals surface area contributed by atoms with E-state index in [4.69, 9.17) is 4.98 Å². The summed E-state index contributed by atoms with van der Waals surface area (Å²) >= 11 is 1.68. The molecular weight excluding hydrogens is 484 g/mol. The third-order valence-corrected chi connectivity index (χ3v) is 7.77. The number of nitro benzene ring substituents is 1. The Bertz CT molecular complexity index is 1610. The Morgan fingerprint density at radius 2 is 1.68 bits per heavy atom. The van der Waals surface area contributed by atoms with Crippen molar-refractivity contribution in [3.8, 4) is 16.9 Å². The highest BCUT2D eigenvalue weighted by Gasteiger charge is 2.24. The van der Waals surface area contributed by atoms with Crippen LogP contribution >= 0.6 is 11.3 Å². The lowest BCUT2D eigenvalue weighted by Crippen LogP contribution is -2.46. The van der Waals surface area contributed by atoms with Crippen LogP contribution in [0.15, 0.2) is 72.1 Å². The number of hydrogen-bond donors (Lipinski definition) is 0. The molecule has 5 aromatic rings. The van der Waals surface area contributed by atoms with E-state index in [1.807, 2.05) is 32.0 Å². The topological polar surface area (TPSA) is 80.3 Å². The van der Waals surface area contributed by atoms with Gasteiger partial charge in [0.2, 0.25) is 0 Å². The number of anilines is 2. The minimum absolute atomic E-state index is 0.0531. The molecule has 6 rings (SSSR count). The lowest BCUT2D eigenvalue weighted by Gasteiger charge is -2.36. The van der Waals surface area contributed by atoms with Gasteiger partial charge in [0, 0.05) is 54.6 Å². The van der Waals surface area contributed by atoms with Crippen LogP contribution in [0.4, 0.5) is 16.5 Å². The van der Waals surface area contributed by atoms with E-state index in [1.165, 1.54) is 10.8 Å². The highest BCUT2D eigenvalue weighted by atomic mass is 32.1. The van der Waals surface area contributed by atoms with Crippen LogP contribution in [-0.4, -0.2) is 45.9 Å². The Hall–Kier alpha value is -4.24. The average Bonchev–Trinajstić information content (AvgIpc) is 3.54. The van der Waals surface area contributed by atoms with Crippen molar-refractivity contribution in [2.24, 2.45) is 0 Å². The third-order valence-electron chi connectivity index (χ3n) is 6.87. The quantitative estimate of drug-likeness (QED) is 0.213. The van der Waals surface area contributed by atoms with Crippen molar-refractivity contribution in [3.05, 3.63) is 93.6 Å². The first-order valence-electron chi connectivity index (χ1n) is 12.2. The zero-order valence-electron chi connectivity index (χ0n) is 20.7. The SMILES string of the molecule is Cc1cc(C)n(-c2cc(N3CCN(c4nc(-c5cccc6ccccc56)cs4)CC3)ccc2[N+](=O)[O-])n1. The minimum Gasteiger partial charge on any atom is -0.368 e. The van der Waals surface area contributed by atoms with Gasteiger partial charge in [-0.1, -0.05) is 42.5 Å². The Morgan fingerprint density at radius 1 is 0.919 bits per heavy atom. The van der Waals surface area contributed by atoms with E-state index in [1.54, 1.807) is 22.1 Å². The molecule has 0 spiro atoms. The van der Waals surface area contributed by atoms with Crippen LogP contribution in [0.25, 0.3) is 27.7 Å². The molecule has 2 aromatic heterocycles. The normalized spacial score (nSPS) is 13.9. The highest BCUT2D eigenvalue weighted by molar-refractivity contribution is 7.14. The number of piperazine rings is 1. The number of hydrogen-bond acceptors (Lipinski definition) is 7. The van der Waals surface area contributed by atoms with Crippen molar-refractivity contribution in [2.75, 3.05) is 36.0 Å². The second kappa shape index (κ2) is 9.33. The van der Waals surface area contributed by atoms with Crippen LogP contribution in [0.3, 0.4) is 0 Å². The summed E-state index contributed by atoms with van der Waals surface area (Å²) in [5.74, 6) is 0. The van der Waals surface area contributed by atoms with Crippen LogP contribution in [0.2, 0.25) is 0 Å². The van der Waals surface area contributed by atoms with Gasteiger partial charge >= 0.3 is 0 Å². The highest BCUT2D eigenvalue weighted by Crippen LogP contribution is 2.34. The molecule has 0 radical (unpaired) electrons. The largest absolute Gasteiger partial charge is 0.368 e. The Morgan fingerprint density at radius 3 is 2.43 bits per heavy atom. The third kappa shape index (κ3) is 4.31. The van der Waals surface area contributed by atoms with Crippen molar-refractivity contribution < 1.29 is 4.92 Å². The molecule has 0 unspecified atom stereocenters. The van der Waals surface area contributed by atoms with E-state index in [0.29, 0.717) is 5.69 Å². The lowest BCUT2D eigenvalue weighted by molar-refractivity contribution is -0.384. The fraction of sp³-hybridized carbons (Fsp3) is 0.214. The monoisotopic (exact) mass is 510 g/mol. The molecular formula is C28H26N6O2S. The van der Waals surface area contributed by atoms with Gasteiger partial charge in [0.25, 0.3) is 5.69 Å². The number of benzene rings is 3. The van der Waals surface area contributed by atoms with Crippen LogP contribution < -0.4 is 9.80 Å². The summed E-state index contributed by atoms with van der Waals surface area (Å²) in [6, 6.07) is 22.0. The molecule has 0 saturated carbocycles. The molecule has 8 nitrogen and oxygen atoms in total. The van der Waals surface area contributed by atoms with Crippen molar-refractivity contribution in [2.45, 2.75) is 13.8 Å². The Kier molecular flexibility index (Phi) is 5.84. The van der Waals surface area contributed by atoms with Gasteiger partial charge in [-0.3, -0.25) is 10.1 Å². The number of rotatable bonds is 5. The van der Waals surface area contributed by atoms with Gasteiger partial charge in [0.05, 0.1) is 16.3 Å². The van der Waals surface area contributed by atoms with Gasteiger partial charge in [-0.25, -0.2) is 9.67 Å². The van der Waals surface area contributed by atoms with Crippen LogP contribution in [0, 0.1) is 24.0 Å². The van der Waals surface area contributed by atoms with Crippen molar-refractivity contribution in [1.29, 1.82) is 0 Å². The predicted molar refractivity (Wildman–Crippen MR) is 149 cm³/mol. The summed E-state index contributed by atoms with van der Waals surface area (Å²) in [5, 5.41) is 21.8. The summed E-state index contributed by atoms with van der Waals surface area (Å²) < 4.78 is 1.66. The molecule has 1 aliphatic rings. The first kappa shape index (κ1) is 23.2. The number of aromatic nitrogens is 3. The molecule has 0 N–H and O–H groups in total. The summed E-state index contributed by atoms with van der Waals surface area (Å²) in [6.07, 6.45) is 0. The van der Waals surface area contributed by atoms with E-state index in [0.717, 1.165) is 59.6 Å². The number of aryl methyl sites for hydroxylation is 2. The maximum Gasteiger partial charge on any atom is 0.295 e. The van der Waals surface area contributed by atoms with E-state index in [9.17, 15) is 10.1 Å². The molecule has 1 saturated heterocycles. The predicted octanol–water partition coefficient (Wildman–Crippen LogP) is 6.00. The van der Waals surface area contributed by atoms with Gasteiger partial charge in [-0.15, -0.1) is 11.3 Å². The number of nitro groups is 1. The molecule has 0 aliphatic carbocycles. The number of nitrogens with zero attached hydrogens (tertiary/aromatic N) is 6. The van der Waals surface area contributed by atoms with E-state index >= 15 is 0 Å². The first-order chi connectivity index (χ1) is 18.0. The van der Waals surface area contributed by atoms with Crippen LogP contribution in [0.1, 0.15) is 11.4 Å². The van der Waals surface area contributed by atoms with Gasteiger partial charge < -0.3 is 9.80 Å². The van der Waals surface area contributed by atoms with E-state index < -0.39 is 0 Å². The summed E-state index contributed by atoms with van der Waals surface area (Å²) in [4.78, 5) is 21.0. The van der Waals surface area contributed by atoms with Gasteiger partial charge in [-0.2, -0.15) is 5.10 Å². The molecule has 186 valence electrons. The number of thiazole rings is 1. The van der Waals surface area contributed by atoms with E-state index in [2.05, 4.69) is 62.7 Å². The average molecular weight is 511 g/mol. The molecule has 3 heterocycles. The molecule has 0 bridgehead atoms. The molecule has 3 aromatic carbocycles. The van der Waals surface area contributed by atoms with Gasteiger partial charge in [-0.05, 0) is 42.8 Å². The van der Waals surface area contributed by atoms with E-state index in [-0.39, 0.29) is 10.6 Å². The smallest absolute Gasteiger partial charge is 0.295 e. The Balaban J connectivity index is 1.21. The first-order valence-corrected chi connectivity index (χ1v) is 13.1. The Labute approximate surface area is 218 Å². The molecule has 0 amide bonds.